The number of nitrogens with zero attached hydrogens (tertiary/aromatic N) is 4. The molecule has 0 saturated heterocycles. The SMILES string of the molecule is COC(=O)N[C@@H](CC/C=C/C(=O)N(C)C)C(=O)Nc1cccn(Cc2nc3c(CC(C)C)c(F)c(F)cc3n2C(=O)OC(C)(C)C)c1=O. The molecule has 15 heteroatoms. The van der Waals surface area contributed by atoms with Gasteiger partial charge >= 0.3 is 12.2 Å². The molecule has 0 fully saturated rings. The number of aromatic nitrogens is 3. The summed E-state index contributed by atoms with van der Waals surface area (Å²) in [5.41, 5.74) is -1.78. The molecule has 0 bridgehead atoms. The van der Waals surface area contributed by atoms with Crippen molar-refractivity contribution in [1.82, 2.24) is 24.3 Å². The number of carbonyl (C=O) groups excluding carboxylic acids is 4. The zero-order valence-electron chi connectivity index (χ0n) is 28.3. The Morgan fingerprint density at radius 2 is 1.83 bits per heavy atom. The van der Waals surface area contributed by atoms with E-state index in [1.807, 2.05) is 13.8 Å². The lowest BCUT2D eigenvalue weighted by molar-refractivity contribution is -0.123. The highest BCUT2D eigenvalue weighted by Crippen LogP contribution is 2.28. The van der Waals surface area contributed by atoms with Gasteiger partial charge in [0, 0.05) is 31.9 Å². The Kier molecular flexibility index (Phi) is 12.2. The number of carbonyl (C=O) groups is 4. The minimum atomic E-state index is -1.16. The highest BCUT2D eigenvalue weighted by atomic mass is 19.2. The number of methoxy groups -OCH3 is 1. The first-order valence-electron chi connectivity index (χ1n) is 15.3. The molecule has 13 nitrogen and oxygen atoms in total. The molecule has 260 valence electrons. The van der Waals surface area contributed by atoms with Crippen LogP contribution in [0.15, 0.2) is 41.3 Å². The number of anilines is 1. The van der Waals surface area contributed by atoms with Gasteiger partial charge in [-0.25, -0.2) is 27.9 Å². The van der Waals surface area contributed by atoms with Crippen LogP contribution in [0.5, 0.6) is 0 Å². The van der Waals surface area contributed by atoms with Gasteiger partial charge in [-0.05, 0) is 64.2 Å². The van der Waals surface area contributed by atoms with Crippen LogP contribution >= 0.6 is 0 Å². The molecule has 0 radical (unpaired) electrons. The molecule has 1 atom stereocenters. The molecule has 2 aromatic heterocycles. The fraction of sp³-hybridized carbons (Fsp3) is 0.455. The van der Waals surface area contributed by atoms with Crippen LogP contribution in [0.25, 0.3) is 11.0 Å². The van der Waals surface area contributed by atoms with E-state index in [0.29, 0.717) is 0 Å². The monoisotopic (exact) mass is 672 g/mol. The number of hydrogen-bond acceptors (Lipinski definition) is 8. The van der Waals surface area contributed by atoms with Crippen molar-refractivity contribution < 1.29 is 37.4 Å². The number of ether oxygens (including phenoxy) is 2. The number of halogens is 2. The van der Waals surface area contributed by atoms with Crippen LogP contribution in [-0.4, -0.2) is 75.9 Å². The molecule has 0 aliphatic heterocycles. The molecule has 0 aliphatic carbocycles. The fourth-order valence-electron chi connectivity index (χ4n) is 4.67. The second-order valence-electron chi connectivity index (χ2n) is 12.7. The van der Waals surface area contributed by atoms with Crippen LogP contribution in [0.2, 0.25) is 0 Å². The summed E-state index contributed by atoms with van der Waals surface area (Å²) in [6, 6.07) is 2.56. The Bertz CT molecular complexity index is 1770. The number of likely N-dealkylation sites (N-methyl/N-ethyl adjacent to an activating group) is 1. The Balaban J connectivity index is 2.00. The normalized spacial score (nSPS) is 12.3. The largest absolute Gasteiger partial charge is 0.453 e. The van der Waals surface area contributed by atoms with E-state index in [9.17, 15) is 28.4 Å². The number of hydrogen-bond donors (Lipinski definition) is 2. The molecule has 3 aromatic rings. The third-order valence-corrected chi connectivity index (χ3v) is 6.90. The van der Waals surface area contributed by atoms with Gasteiger partial charge < -0.3 is 29.6 Å². The van der Waals surface area contributed by atoms with Crippen LogP contribution in [0, 0.1) is 17.6 Å². The molecule has 3 rings (SSSR count). The lowest BCUT2D eigenvalue weighted by Crippen LogP contribution is -2.44. The highest BCUT2D eigenvalue weighted by Gasteiger charge is 2.28. The molecule has 2 N–H and O–H groups in total. The summed E-state index contributed by atoms with van der Waals surface area (Å²) < 4.78 is 42.2. The van der Waals surface area contributed by atoms with Crippen molar-refractivity contribution in [2.24, 2.45) is 5.92 Å². The van der Waals surface area contributed by atoms with Crippen LogP contribution in [-0.2, 0) is 32.0 Å². The maximum absolute atomic E-state index is 15.0. The van der Waals surface area contributed by atoms with Crippen LogP contribution < -0.4 is 16.2 Å². The van der Waals surface area contributed by atoms with Crippen LogP contribution in [0.4, 0.5) is 24.1 Å². The standard InChI is InChI=1S/C33H42F2N6O7/c1-19(2)16-20-27(35)21(34)17-24-28(20)38-25(41(24)32(46)48-33(3,4)5)18-40-15-11-13-23(30(40)44)36-29(43)22(37-31(45)47-8)12-9-10-14-26(42)39(6)7/h10-11,13-15,17,19,22H,9,12,16,18H2,1-8H3,(H,36,43)(H,37,45)/b14-10+/t22-/m0/s1. The molecular formula is C33H42F2N6O7. The molecule has 0 saturated carbocycles. The van der Waals surface area contributed by atoms with E-state index in [-0.39, 0.29) is 65.7 Å². The number of rotatable bonds is 11. The summed E-state index contributed by atoms with van der Waals surface area (Å²) in [4.78, 5) is 69.8. The summed E-state index contributed by atoms with van der Waals surface area (Å²) in [6.07, 6.45) is 2.95. The van der Waals surface area contributed by atoms with E-state index < -0.39 is 46.9 Å². The minimum absolute atomic E-state index is 0.0120. The van der Waals surface area contributed by atoms with Crippen LogP contribution in [0.1, 0.15) is 58.8 Å². The van der Waals surface area contributed by atoms with E-state index in [2.05, 4.69) is 20.4 Å². The predicted octanol–water partition coefficient (Wildman–Crippen LogP) is 4.59. The zero-order valence-corrected chi connectivity index (χ0v) is 28.3. The first-order chi connectivity index (χ1) is 22.4. The van der Waals surface area contributed by atoms with Crippen molar-refractivity contribution >= 4 is 40.7 Å². The van der Waals surface area contributed by atoms with Crippen molar-refractivity contribution in [2.75, 3.05) is 26.5 Å². The van der Waals surface area contributed by atoms with Gasteiger partial charge in [0.15, 0.2) is 11.6 Å². The fourth-order valence-corrected chi connectivity index (χ4v) is 4.67. The summed E-state index contributed by atoms with van der Waals surface area (Å²) in [5.74, 6) is -3.33. The van der Waals surface area contributed by atoms with E-state index in [0.717, 1.165) is 22.3 Å². The average molecular weight is 673 g/mol. The Hall–Kier alpha value is -5.08. The number of imidazole rings is 1. The van der Waals surface area contributed by atoms with Gasteiger partial charge in [0.2, 0.25) is 11.8 Å². The summed E-state index contributed by atoms with van der Waals surface area (Å²) in [5, 5.41) is 4.93. The number of nitrogens with one attached hydrogen (secondary N) is 2. The van der Waals surface area contributed by atoms with Crippen molar-refractivity contribution in [1.29, 1.82) is 0 Å². The maximum atomic E-state index is 15.0. The minimum Gasteiger partial charge on any atom is -0.453 e. The molecule has 0 unspecified atom stereocenters. The van der Waals surface area contributed by atoms with E-state index in [1.165, 1.54) is 29.3 Å². The van der Waals surface area contributed by atoms with Gasteiger partial charge in [-0.3, -0.25) is 14.4 Å². The predicted molar refractivity (Wildman–Crippen MR) is 175 cm³/mol. The van der Waals surface area contributed by atoms with Crippen molar-refractivity contribution in [3.8, 4) is 0 Å². The quantitative estimate of drug-likeness (QED) is 0.281. The highest BCUT2D eigenvalue weighted by molar-refractivity contribution is 5.96. The van der Waals surface area contributed by atoms with Crippen molar-refractivity contribution in [2.45, 2.75) is 72.1 Å². The molecule has 0 spiro atoms. The topological polar surface area (TPSA) is 154 Å². The first-order valence-corrected chi connectivity index (χ1v) is 15.3. The third kappa shape index (κ3) is 9.48. The van der Waals surface area contributed by atoms with Crippen molar-refractivity contribution in [3.05, 3.63) is 69.9 Å². The zero-order chi connectivity index (χ0) is 35.9. The van der Waals surface area contributed by atoms with E-state index >= 15 is 4.39 Å². The first kappa shape index (κ1) is 37.4. The number of fused-ring (bicyclic) bond motifs is 1. The van der Waals surface area contributed by atoms with Crippen LogP contribution in [0.3, 0.4) is 0 Å². The van der Waals surface area contributed by atoms with E-state index in [1.54, 1.807) is 40.9 Å². The Morgan fingerprint density at radius 3 is 2.44 bits per heavy atom. The maximum Gasteiger partial charge on any atom is 0.420 e. The van der Waals surface area contributed by atoms with Gasteiger partial charge in [-0.15, -0.1) is 0 Å². The summed E-state index contributed by atoms with van der Waals surface area (Å²) in [7, 11) is 4.31. The number of allylic oxidation sites excluding steroid dienone is 1. The van der Waals surface area contributed by atoms with Gasteiger partial charge in [-0.2, -0.15) is 0 Å². The number of benzene rings is 1. The molecular weight excluding hydrogens is 630 g/mol. The smallest absolute Gasteiger partial charge is 0.420 e. The lowest BCUT2D eigenvalue weighted by atomic mass is 10.0. The van der Waals surface area contributed by atoms with Crippen molar-refractivity contribution in [3.63, 3.8) is 0 Å². The summed E-state index contributed by atoms with van der Waals surface area (Å²) in [6.45, 7) is 8.26. The number of alkyl carbamates (subject to hydrolysis) is 1. The third-order valence-electron chi connectivity index (χ3n) is 6.90. The van der Waals surface area contributed by atoms with Gasteiger partial charge in [0.05, 0.1) is 24.7 Å². The number of pyridine rings is 1. The molecule has 48 heavy (non-hydrogen) atoms. The second kappa shape index (κ2) is 15.7. The van der Waals surface area contributed by atoms with Gasteiger partial charge in [0.25, 0.3) is 5.56 Å². The Labute approximate surface area is 276 Å². The molecule has 0 aliphatic rings. The second-order valence-corrected chi connectivity index (χ2v) is 12.7. The molecule has 1 aromatic carbocycles. The molecule has 2 heterocycles. The molecule has 3 amide bonds. The average Bonchev–Trinajstić information content (AvgIpc) is 3.34. The van der Waals surface area contributed by atoms with E-state index in [4.69, 9.17) is 4.74 Å². The Morgan fingerprint density at radius 1 is 1.15 bits per heavy atom. The summed E-state index contributed by atoms with van der Waals surface area (Å²) >= 11 is 0. The van der Waals surface area contributed by atoms with Gasteiger partial charge in [-0.1, -0.05) is 19.9 Å². The number of amides is 3. The van der Waals surface area contributed by atoms with Gasteiger partial charge in [0.1, 0.15) is 23.2 Å². The lowest BCUT2D eigenvalue weighted by Gasteiger charge is -2.21.